The zero-order valence-corrected chi connectivity index (χ0v) is 29.4. The van der Waals surface area contributed by atoms with Crippen molar-refractivity contribution in [3.63, 3.8) is 0 Å². The molecule has 2 aliphatic rings. The fraction of sp³-hybridized carbons (Fsp3) is 0.361. The number of piperazine rings is 1. The third kappa shape index (κ3) is 7.06. The number of fused-ring (bicyclic) bond motifs is 3. The summed E-state index contributed by atoms with van der Waals surface area (Å²) in [5, 5.41) is -3.30. The minimum absolute atomic E-state index is 0.0446. The Morgan fingerprint density at radius 2 is 1.25 bits per heavy atom. The van der Waals surface area contributed by atoms with Crippen molar-refractivity contribution in [2.75, 3.05) is 57.3 Å². The van der Waals surface area contributed by atoms with Crippen LogP contribution in [0.1, 0.15) is 31.4 Å². The highest BCUT2D eigenvalue weighted by Crippen LogP contribution is 2.49. The summed E-state index contributed by atoms with van der Waals surface area (Å²) >= 11 is 6.73. The van der Waals surface area contributed by atoms with Crippen molar-refractivity contribution in [3.8, 4) is 0 Å². The van der Waals surface area contributed by atoms with E-state index in [0.29, 0.717) is 57.9 Å². The van der Waals surface area contributed by atoms with E-state index in [2.05, 4.69) is 9.80 Å². The molecular formula is C36H31F10N3OS2. The second-order valence-electron chi connectivity index (χ2n) is 13.0. The van der Waals surface area contributed by atoms with Gasteiger partial charge in [0.25, 0.3) is 0 Å². The van der Waals surface area contributed by atoms with Crippen molar-refractivity contribution in [2.45, 2.75) is 41.7 Å². The minimum atomic E-state index is -4.47. The number of hydrogen-bond donors (Lipinski definition) is 0. The molecule has 0 radical (unpaired) electrons. The van der Waals surface area contributed by atoms with Gasteiger partial charge in [-0.2, -0.15) is 13.2 Å². The minimum Gasteiger partial charge on any atom is -0.485 e. The number of anilines is 2. The van der Waals surface area contributed by atoms with Gasteiger partial charge >= 0.3 is 6.18 Å². The van der Waals surface area contributed by atoms with E-state index >= 15 is 4.39 Å². The van der Waals surface area contributed by atoms with Gasteiger partial charge < -0.3 is 14.5 Å². The number of thiocarbonyl (C=S) groups is 1. The molecule has 0 aromatic heterocycles. The van der Waals surface area contributed by atoms with E-state index in [0.717, 1.165) is 21.5 Å². The average molecular weight is 776 g/mol. The summed E-state index contributed by atoms with van der Waals surface area (Å²) < 4.78 is 148. The summed E-state index contributed by atoms with van der Waals surface area (Å²) in [4.78, 5) is 7.93. The molecule has 4 aromatic rings. The second-order valence-corrected chi connectivity index (χ2v) is 14.5. The fourth-order valence-corrected chi connectivity index (χ4v) is 7.83. The number of halogens is 10. The van der Waals surface area contributed by atoms with Crippen LogP contribution in [0.5, 0.6) is 0 Å². The van der Waals surface area contributed by atoms with Crippen LogP contribution in [0.25, 0.3) is 10.8 Å². The number of para-hydroxylation sites is 1. The van der Waals surface area contributed by atoms with E-state index in [9.17, 15) is 39.5 Å². The summed E-state index contributed by atoms with van der Waals surface area (Å²) in [6.45, 7) is 6.44. The normalized spacial score (nSPS) is 15.6. The number of rotatable bonds is 9. The van der Waals surface area contributed by atoms with Crippen molar-refractivity contribution in [1.29, 1.82) is 0 Å². The van der Waals surface area contributed by atoms with E-state index in [1.807, 2.05) is 29.2 Å². The Morgan fingerprint density at radius 1 is 0.692 bits per heavy atom. The highest BCUT2D eigenvalue weighted by atomic mass is 32.2. The standard InChI is InChI=1S/C36H31F10N3OS2/c1-35(2,26-24-25(28(38)31(41)30(26)40)29(39)33(43)32(42)27(24)37)34(51)50-17-16-48-14-12-47(13-15-48)10-5-11-49-20-6-3-4-7-22(20)52-23-9-8-19(18-21(23)49)36(44,45)46/h3-4,6-9,18H,5,10-17H2,1-2H3. The first-order valence-electron chi connectivity index (χ1n) is 16.2. The average Bonchev–Trinajstić information content (AvgIpc) is 3.11. The SMILES string of the molecule is CC(C)(C(=S)OCCN1CCN(CCCN2c3ccccc3Sc3ccc(C(F)(F)F)cc32)CC1)c1c(F)c(F)c(F)c2c(F)c(F)c(F)c(F)c12. The highest BCUT2D eigenvalue weighted by Gasteiger charge is 2.40. The van der Waals surface area contributed by atoms with Gasteiger partial charge in [-0.15, -0.1) is 0 Å². The lowest BCUT2D eigenvalue weighted by atomic mass is 9.81. The summed E-state index contributed by atoms with van der Waals surface area (Å²) in [6.07, 6.45) is -3.79. The zero-order valence-electron chi connectivity index (χ0n) is 27.8. The van der Waals surface area contributed by atoms with E-state index < -0.39 is 79.3 Å². The van der Waals surface area contributed by atoms with Gasteiger partial charge in [0, 0.05) is 60.0 Å². The molecule has 0 atom stereocenters. The maximum absolute atomic E-state index is 15.1. The predicted molar refractivity (Wildman–Crippen MR) is 182 cm³/mol. The van der Waals surface area contributed by atoms with Crippen molar-refractivity contribution in [1.82, 2.24) is 9.80 Å². The maximum atomic E-state index is 15.1. The van der Waals surface area contributed by atoms with E-state index in [1.54, 1.807) is 0 Å². The third-order valence-electron chi connectivity index (χ3n) is 9.39. The topological polar surface area (TPSA) is 19.0 Å². The van der Waals surface area contributed by atoms with Gasteiger partial charge in [-0.25, -0.2) is 30.7 Å². The lowest BCUT2D eigenvalue weighted by Gasteiger charge is -2.36. The zero-order chi connectivity index (χ0) is 37.7. The first-order chi connectivity index (χ1) is 24.5. The quantitative estimate of drug-likeness (QED) is 0.0725. The Hall–Kier alpha value is -3.60. The lowest BCUT2D eigenvalue weighted by molar-refractivity contribution is -0.137. The van der Waals surface area contributed by atoms with Crippen molar-refractivity contribution in [3.05, 3.63) is 94.3 Å². The molecule has 4 nitrogen and oxygen atoms in total. The van der Waals surface area contributed by atoms with Crippen LogP contribution in [0.3, 0.4) is 0 Å². The van der Waals surface area contributed by atoms with Crippen LogP contribution >= 0.6 is 24.0 Å². The molecule has 0 saturated carbocycles. The molecule has 0 bridgehead atoms. The lowest BCUT2D eigenvalue weighted by Crippen LogP contribution is -2.48. The van der Waals surface area contributed by atoms with E-state index in [-0.39, 0.29) is 6.61 Å². The predicted octanol–water partition coefficient (Wildman–Crippen LogP) is 9.76. The molecule has 1 saturated heterocycles. The molecule has 1 fully saturated rings. The molecule has 0 amide bonds. The van der Waals surface area contributed by atoms with Crippen molar-refractivity contribution < 1.29 is 48.6 Å². The van der Waals surface area contributed by atoms with Gasteiger partial charge in [-0.05, 0) is 69.4 Å². The van der Waals surface area contributed by atoms with Gasteiger partial charge in [0.15, 0.2) is 45.8 Å². The summed E-state index contributed by atoms with van der Waals surface area (Å²) in [5.74, 6) is -15.4. The largest absolute Gasteiger partial charge is 0.485 e. The summed E-state index contributed by atoms with van der Waals surface area (Å²) in [5.41, 5.74) is -2.29. The van der Waals surface area contributed by atoms with Gasteiger partial charge in [-0.1, -0.05) is 23.9 Å². The molecule has 2 aliphatic heterocycles. The molecule has 52 heavy (non-hydrogen) atoms. The number of alkyl halides is 3. The number of nitrogens with zero attached hydrogens (tertiary/aromatic N) is 3. The van der Waals surface area contributed by atoms with Crippen molar-refractivity contribution in [2.24, 2.45) is 0 Å². The number of ether oxygens (including phenoxy) is 1. The molecule has 0 unspecified atom stereocenters. The van der Waals surface area contributed by atoms with Crippen LogP contribution < -0.4 is 4.90 Å². The van der Waals surface area contributed by atoms with Crippen LogP contribution in [-0.4, -0.2) is 67.3 Å². The molecule has 0 N–H and O–H groups in total. The van der Waals surface area contributed by atoms with Crippen LogP contribution in [0.2, 0.25) is 0 Å². The summed E-state index contributed by atoms with van der Waals surface area (Å²) in [6, 6.07) is 11.4. The third-order valence-corrected chi connectivity index (χ3v) is 11.1. The Labute approximate surface area is 302 Å². The van der Waals surface area contributed by atoms with Crippen LogP contribution in [0, 0.1) is 40.7 Å². The van der Waals surface area contributed by atoms with Crippen LogP contribution in [-0.2, 0) is 16.3 Å². The number of benzene rings is 4. The van der Waals surface area contributed by atoms with Gasteiger partial charge in [0.2, 0.25) is 0 Å². The van der Waals surface area contributed by atoms with Gasteiger partial charge in [0.1, 0.15) is 6.61 Å². The highest BCUT2D eigenvalue weighted by molar-refractivity contribution is 7.99. The van der Waals surface area contributed by atoms with Gasteiger partial charge in [-0.3, -0.25) is 4.90 Å². The molecule has 0 spiro atoms. The second kappa shape index (κ2) is 14.7. The molecule has 2 heterocycles. The molecule has 4 aromatic carbocycles. The Balaban J connectivity index is 1.04. The smallest absolute Gasteiger partial charge is 0.416 e. The van der Waals surface area contributed by atoms with Crippen LogP contribution in [0.4, 0.5) is 55.3 Å². The summed E-state index contributed by atoms with van der Waals surface area (Å²) in [7, 11) is 0. The Kier molecular flexibility index (Phi) is 10.8. The Morgan fingerprint density at radius 3 is 1.88 bits per heavy atom. The molecule has 6 rings (SSSR count). The Bertz CT molecular complexity index is 2020. The first-order valence-corrected chi connectivity index (χ1v) is 17.4. The number of hydrogen-bond acceptors (Lipinski definition) is 6. The van der Waals surface area contributed by atoms with Gasteiger partial charge in [0.05, 0.1) is 27.7 Å². The van der Waals surface area contributed by atoms with E-state index in [1.165, 1.54) is 37.7 Å². The fourth-order valence-electron chi connectivity index (χ4n) is 6.57. The van der Waals surface area contributed by atoms with E-state index in [4.69, 9.17) is 17.0 Å². The first kappa shape index (κ1) is 38.1. The molecular weight excluding hydrogens is 745 g/mol. The maximum Gasteiger partial charge on any atom is 0.416 e. The monoisotopic (exact) mass is 775 g/mol. The molecule has 278 valence electrons. The van der Waals surface area contributed by atoms with Crippen molar-refractivity contribution >= 4 is 51.2 Å². The molecule has 16 heteroatoms. The van der Waals surface area contributed by atoms with Crippen LogP contribution in [0.15, 0.2) is 52.3 Å². The molecule has 0 aliphatic carbocycles.